The third-order valence-corrected chi connectivity index (χ3v) is 3.17. The zero-order valence-electron chi connectivity index (χ0n) is 12.3. The van der Waals surface area contributed by atoms with Crippen LogP contribution in [0, 0.1) is 6.92 Å². The number of anilines is 1. The molecule has 2 aromatic rings. The van der Waals surface area contributed by atoms with Crippen LogP contribution in [0.5, 0.6) is 11.5 Å². The van der Waals surface area contributed by atoms with Gasteiger partial charge in [0.1, 0.15) is 5.82 Å². The summed E-state index contributed by atoms with van der Waals surface area (Å²) >= 11 is 0. The van der Waals surface area contributed by atoms with E-state index in [4.69, 9.17) is 15.2 Å². The van der Waals surface area contributed by atoms with Gasteiger partial charge in [-0.15, -0.1) is 0 Å². The van der Waals surface area contributed by atoms with Gasteiger partial charge in [0.2, 0.25) is 0 Å². The Morgan fingerprint density at radius 3 is 2.57 bits per heavy atom. The molecule has 2 N–H and O–H groups in total. The summed E-state index contributed by atoms with van der Waals surface area (Å²) in [5, 5.41) is 0. The minimum Gasteiger partial charge on any atom is -0.493 e. The highest BCUT2D eigenvalue weighted by molar-refractivity contribution is 6.01. The molecule has 0 unspecified atom stereocenters. The molecule has 0 atom stereocenters. The van der Waals surface area contributed by atoms with Gasteiger partial charge in [0, 0.05) is 12.6 Å². The lowest BCUT2D eigenvalue weighted by molar-refractivity contribution is 0.0993. The number of carbonyl (C=O) groups excluding carboxylic acids is 1. The summed E-state index contributed by atoms with van der Waals surface area (Å²) in [6.07, 6.45) is 1.87. The third-order valence-electron chi connectivity index (χ3n) is 3.17. The molecule has 1 aromatic carbocycles. The topological polar surface area (TPSA) is 74.4 Å². The molecule has 2 rings (SSSR count). The van der Waals surface area contributed by atoms with E-state index in [0.717, 1.165) is 11.1 Å². The summed E-state index contributed by atoms with van der Waals surface area (Å²) in [5.74, 6) is 1.41. The fourth-order valence-corrected chi connectivity index (χ4v) is 2.07. The van der Waals surface area contributed by atoms with Gasteiger partial charge >= 0.3 is 0 Å². The molecule has 0 spiro atoms. The monoisotopic (exact) mass is 286 g/mol. The number of hydrogen-bond acceptors (Lipinski definition) is 5. The standard InChI is InChI=1S/C16H18N2O3/c1-10-6-12(16(17)18-9-10)13(19)7-11-4-5-14(20-2)15(8-11)21-3/h4-6,8-9H,7H2,1-3H3,(H2,17,18). The van der Waals surface area contributed by atoms with Gasteiger partial charge in [0.15, 0.2) is 17.3 Å². The Balaban J connectivity index is 2.25. The highest BCUT2D eigenvalue weighted by atomic mass is 16.5. The lowest BCUT2D eigenvalue weighted by atomic mass is 10.0. The molecule has 1 heterocycles. The van der Waals surface area contributed by atoms with Crippen molar-refractivity contribution in [2.24, 2.45) is 0 Å². The van der Waals surface area contributed by atoms with Crippen molar-refractivity contribution in [3.05, 3.63) is 47.2 Å². The van der Waals surface area contributed by atoms with Gasteiger partial charge in [-0.2, -0.15) is 0 Å². The first-order chi connectivity index (χ1) is 10.0. The molecule has 0 aliphatic carbocycles. The Labute approximate surface area is 123 Å². The second-order valence-corrected chi connectivity index (χ2v) is 4.73. The molecule has 0 saturated heterocycles. The van der Waals surface area contributed by atoms with E-state index >= 15 is 0 Å². The minimum atomic E-state index is -0.0732. The van der Waals surface area contributed by atoms with Crippen LogP contribution in [0.3, 0.4) is 0 Å². The van der Waals surface area contributed by atoms with Crippen LogP contribution in [-0.4, -0.2) is 25.0 Å². The average Bonchev–Trinajstić information content (AvgIpc) is 2.49. The highest BCUT2D eigenvalue weighted by Crippen LogP contribution is 2.28. The maximum atomic E-state index is 12.3. The zero-order chi connectivity index (χ0) is 15.4. The quantitative estimate of drug-likeness (QED) is 0.854. The van der Waals surface area contributed by atoms with Gasteiger partial charge in [-0.1, -0.05) is 6.07 Å². The summed E-state index contributed by atoms with van der Waals surface area (Å²) in [4.78, 5) is 16.4. The van der Waals surface area contributed by atoms with Crippen LogP contribution in [-0.2, 0) is 6.42 Å². The number of methoxy groups -OCH3 is 2. The Hall–Kier alpha value is -2.56. The van der Waals surface area contributed by atoms with Gasteiger partial charge in [0.05, 0.1) is 19.8 Å². The van der Waals surface area contributed by atoms with Crippen molar-refractivity contribution in [1.29, 1.82) is 0 Å². The third kappa shape index (κ3) is 3.31. The van der Waals surface area contributed by atoms with E-state index in [1.54, 1.807) is 38.6 Å². The van der Waals surface area contributed by atoms with Crippen molar-refractivity contribution in [3.63, 3.8) is 0 Å². The molecule has 0 saturated carbocycles. The number of nitrogens with two attached hydrogens (primary N) is 1. The minimum absolute atomic E-state index is 0.0732. The summed E-state index contributed by atoms with van der Waals surface area (Å²) < 4.78 is 10.4. The van der Waals surface area contributed by atoms with Crippen LogP contribution in [0.1, 0.15) is 21.5 Å². The zero-order valence-corrected chi connectivity index (χ0v) is 12.3. The largest absolute Gasteiger partial charge is 0.493 e. The van der Waals surface area contributed by atoms with E-state index in [9.17, 15) is 4.79 Å². The van der Waals surface area contributed by atoms with Crippen molar-refractivity contribution in [2.45, 2.75) is 13.3 Å². The second kappa shape index (κ2) is 6.26. The van der Waals surface area contributed by atoms with Crippen molar-refractivity contribution < 1.29 is 14.3 Å². The maximum absolute atomic E-state index is 12.3. The van der Waals surface area contributed by atoms with E-state index in [1.807, 2.05) is 13.0 Å². The van der Waals surface area contributed by atoms with Crippen LogP contribution in [0.15, 0.2) is 30.5 Å². The molecule has 5 nitrogen and oxygen atoms in total. The van der Waals surface area contributed by atoms with Gasteiger partial charge in [-0.3, -0.25) is 4.79 Å². The molecule has 0 aliphatic rings. The van der Waals surface area contributed by atoms with Crippen LogP contribution >= 0.6 is 0 Å². The average molecular weight is 286 g/mol. The second-order valence-electron chi connectivity index (χ2n) is 4.73. The van der Waals surface area contributed by atoms with E-state index < -0.39 is 0 Å². The fraction of sp³-hybridized carbons (Fsp3) is 0.250. The number of aryl methyl sites for hydroxylation is 1. The lowest BCUT2D eigenvalue weighted by Crippen LogP contribution is -2.09. The van der Waals surface area contributed by atoms with Gasteiger partial charge in [-0.05, 0) is 36.2 Å². The molecule has 0 aliphatic heterocycles. The molecule has 1 aromatic heterocycles. The number of nitrogen functional groups attached to an aromatic ring is 1. The number of nitrogens with zero attached hydrogens (tertiary/aromatic N) is 1. The molecule has 110 valence electrons. The maximum Gasteiger partial charge on any atom is 0.170 e. The Bertz CT molecular complexity index is 669. The first-order valence-electron chi connectivity index (χ1n) is 6.51. The van der Waals surface area contributed by atoms with Gasteiger partial charge < -0.3 is 15.2 Å². The molecule has 0 fully saturated rings. The van der Waals surface area contributed by atoms with Crippen molar-refractivity contribution in [3.8, 4) is 11.5 Å². The Morgan fingerprint density at radius 2 is 1.90 bits per heavy atom. The van der Waals surface area contributed by atoms with Crippen LogP contribution in [0.25, 0.3) is 0 Å². The molecule has 0 radical (unpaired) electrons. The summed E-state index contributed by atoms with van der Waals surface area (Å²) in [5.41, 5.74) is 7.95. The molecule has 5 heteroatoms. The van der Waals surface area contributed by atoms with Crippen molar-refractivity contribution in [1.82, 2.24) is 4.98 Å². The van der Waals surface area contributed by atoms with Crippen LogP contribution in [0.4, 0.5) is 5.82 Å². The van der Waals surface area contributed by atoms with Gasteiger partial charge in [-0.25, -0.2) is 4.98 Å². The van der Waals surface area contributed by atoms with Crippen molar-refractivity contribution >= 4 is 11.6 Å². The normalized spacial score (nSPS) is 10.2. The molecule has 21 heavy (non-hydrogen) atoms. The summed E-state index contributed by atoms with van der Waals surface area (Å²) in [7, 11) is 3.13. The molecule has 0 amide bonds. The molecule has 0 bridgehead atoms. The van der Waals surface area contributed by atoms with E-state index in [2.05, 4.69) is 4.98 Å². The van der Waals surface area contributed by atoms with E-state index in [1.165, 1.54) is 0 Å². The number of carbonyl (C=O) groups is 1. The number of Topliss-reactive ketones (excluding diaryl/α,β-unsaturated/α-hetero) is 1. The highest BCUT2D eigenvalue weighted by Gasteiger charge is 2.13. The summed E-state index contributed by atoms with van der Waals surface area (Å²) in [6.45, 7) is 1.87. The fourth-order valence-electron chi connectivity index (χ4n) is 2.07. The van der Waals surface area contributed by atoms with E-state index in [0.29, 0.717) is 17.1 Å². The number of hydrogen-bond donors (Lipinski definition) is 1. The number of ketones is 1. The van der Waals surface area contributed by atoms with Crippen LogP contribution in [0.2, 0.25) is 0 Å². The van der Waals surface area contributed by atoms with E-state index in [-0.39, 0.29) is 18.0 Å². The molecular weight excluding hydrogens is 268 g/mol. The SMILES string of the molecule is COc1ccc(CC(=O)c2cc(C)cnc2N)cc1OC. The van der Waals surface area contributed by atoms with Crippen molar-refractivity contribution in [2.75, 3.05) is 20.0 Å². The summed E-state index contributed by atoms with van der Waals surface area (Å²) in [6, 6.07) is 7.15. The van der Waals surface area contributed by atoms with Gasteiger partial charge in [0.25, 0.3) is 0 Å². The Kier molecular flexibility index (Phi) is 4.42. The number of ether oxygens (including phenoxy) is 2. The Morgan fingerprint density at radius 1 is 1.19 bits per heavy atom. The first-order valence-corrected chi connectivity index (χ1v) is 6.51. The number of aromatic nitrogens is 1. The van der Waals surface area contributed by atoms with Crippen LogP contribution < -0.4 is 15.2 Å². The lowest BCUT2D eigenvalue weighted by Gasteiger charge is -2.10. The number of benzene rings is 1. The number of rotatable bonds is 5. The smallest absolute Gasteiger partial charge is 0.170 e. The number of pyridine rings is 1. The molecular formula is C16H18N2O3. The predicted molar refractivity (Wildman–Crippen MR) is 81.0 cm³/mol. The predicted octanol–water partition coefficient (Wildman–Crippen LogP) is 2.41. The first kappa shape index (κ1) is 14.8.